The van der Waals surface area contributed by atoms with Crippen molar-refractivity contribution in [1.82, 2.24) is 25.1 Å². The smallest absolute Gasteiger partial charge is 0.225 e. The van der Waals surface area contributed by atoms with Crippen molar-refractivity contribution in [3.8, 4) is 0 Å². The Balaban J connectivity index is 1.06. The highest BCUT2D eigenvalue weighted by Gasteiger charge is 2.40. The Labute approximate surface area is 196 Å². The van der Waals surface area contributed by atoms with Crippen molar-refractivity contribution in [2.24, 2.45) is 11.8 Å². The summed E-state index contributed by atoms with van der Waals surface area (Å²) in [5.41, 5.74) is 1.04. The van der Waals surface area contributed by atoms with Crippen molar-refractivity contribution in [3.05, 3.63) is 48.8 Å². The minimum Gasteiger partial charge on any atom is -0.361 e. The molecule has 6 rings (SSSR count). The van der Waals surface area contributed by atoms with E-state index in [0.29, 0.717) is 6.04 Å². The van der Waals surface area contributed by atoms with E-state index in [4.69, 9.17) is 12.2 Å². The van der Waals surface area contributed by atoms with Crippen LogP contribution in [-0.2, 0) is 0 Å². The zero-order valence-corrected chi connectivity index (χ0v) is 19.4. The van der Waals surface area contributed by atoms with Crippen molar-refractivity contribution in [2.75, 3.05) is 62.6 Å². The van der Waals surface area contributed by atoms with Crippen LogP contribution >= 0.6 is 12.2 Å². The van der Waals surface area contributed by atoms with Gasteiger partial charge >= 0.3 is 0 Å². The number of nitrogens with one attached hydrogen (secondary N) is 2. The van der Waals surface area contributed by atoms with E-state index in [1.165, 1.54) is 32.5 Å². The van der Waals surface area contributed by atoms with E-state index in [9.17, 15) is 0 Å². The van der Waals surface area contributed by atoms with Crippen LogP contribution in [0.2, 0.25) is 0 Å². The Morgan fingerprint density at radius 1 is 1.00 bits per heavy atom. The molecule has 1 aromatic carbocycles. The molecule has 0 radical (unpaired) electrons. The molecule has 4 fully saturated rings. The van der Waals surface area contributed by atoms with Gasteiger partial charge in [0.15, 0.2) is 5.11 Å². The Bertz CT molecular complexity index is 872. The van der Waals surface area contributed by atoms with Gasteiger partial charge in [-0.15, -0.1) is 0 Å². The van der Waals surface area contributed by atoms with Crippen LogP contribution in [0.3, 0.4) is 0 Å². The summed E-state index contributed by atoms with van der Waals surface area (Å²) in [5.74, 6) is 2.48. The van der Waals surface area contributed by atoms with E-state index in [1.807, 2.05) is 48.8 Å². The molecule has 4 atom stereocenters. The van der Waals surface area contributed by atoms with Gasteiger partial charge in [0.05, 0.1) is 0 Å². The lowest BCUT2D eigenvalue weighted by Gasteiger charge is -2.51. The molecule has 2 bridgehead atoms. The van der Waals surface area contributed by atoms with Crippen LogP contribution in [0.15, 0.2) is 48.8 Å². The first-order valence-electron chi connectivity index (χ1n) is 11.8. The quantitative estimate of drug-likeness (QED) is 0.649. The Morgan fingerprint density at radius 3 is 2.50 bits per heavy atom. The standard InChI is InChI=1S/C24H33N7S/c32-24(28-21-5-2-1-3-6-21)27-16-22-15-19-7-10-31(22)18-20(19)17-29-11-13-30(14-12-29)23-25-8-4-9-26-23/h1-6,8-9,19-20,22H,7,10-18H2,(H2,27,28,32)/t19-,20-,22+/m0/s1. The zero-order chi connectivity index (χ0) is 21.8. The molecule has 32 heavy (non-hydrogen) atoms. The summed E-state index contributed by atoms with van der Waals surface area (Å²) >= 11 is 5.51. The molecular weight excluding hydrogens is 418 g/mol. The molecule has 0 spiro atoms. The van der Waals surface area contributed by atoms with Gasteiger partial charge in [0.2, 0.25) is 5.95 Å². The van der Waals surface area contributed by atoms with E-state index in [0.717, 1.165) is 61.3 Å². The first-order chi connectivity index (χ1) is 15.7. The third kappa shape index (κ3) is 5.19. The Morgan fingerprint density at radius 2 is 1.78 bits per heavy atom. The second-order valence-electron chi connectivity index (χ2n) is 9.23. The van der Waals surface area contributed by atoms with Gasteiger partial charge in [-0.3, -0.25) is 9.80 Å². The van der Waals surface area contributed by atoms with Crippen molar-refractivity contribution >= 4 is 29.0 Å². The van der Waals surface area contributed by atoms with E-state index in [1.54, 1.807) is 0 Å². The number of thiocarbonyl (C=S) groups is 1. The predicted molar refractivity (Wildman–Crippen MR) is 133 cm³/mol. The number of benzene rings is 1. The number of rotatable bonds is 6. The first kappa shape index (κ1) is 21.6. The molecule has 170 valence electrons. The van der Waals surface area contributed by atoms with E-state index >= 15 is 0 Å². The van der Waals surface area contributed by atoms with E-state index in [2.05, 4.69) is 35.3 Å². The van der Waals surface area contributed by atoms with Crippen LogP contribution in [0.5, 0.6) is 0 Å². The highest BCUT2D eigenvalue weighted by Crippen LogP contribution is 2.36. The highest BCUT2D eigenvalue weighted by molar-refractivity contribution is 7.80. The molecule has 0 saturated carbocycles. The molecule has 0 amide bonds. The predicted octanol–water partition coefficient (Wildman–Crippen LogP) is 2.30. The fourth-order valence-corrected chi connectivity index (χ4v) is 5.69. The molecule has 1 aromatic heterocycles. The van der Waals surface area contributed by atoms with Crippen LogP contribution in [-0.4, -0.2) is 83.3 Å². The van der Waals surface area contributed by atoms with Gasteiger partial charge in [-0.2, -0.15) is 0 Å². The second kappa shape index (κ2) is 10.1. The molecule has 5 heterocycles. The van der Waals surface area contributed by atoms with Gasteiger partial charge in [-0.05, 0) is 61.6 Å². The lowest BCUT2D eigenvalue weighted by atomic mass is 9.75. The molecule has 4 aliphatic heterocycles. The number of nitrogens with zero attached hydrogens (tertiary/aromatic N) is 5. The minimum absolute atomic E-state index is 0.590. The summed E-state index contributed by atoms with van der Waals surface area (Å²) in [5, 5.41) is 7.46. The van der Waals surface area contributed by atoms with Gasteiger partial charge in [0.25, 0.3) is 0 Å². The number of hydrogen-bond donors (Lipinski definition) is 2. The highest BCUT2D eigenvalue weighted by atomic mass is 32.1. The van der Waals surface area contributed by atoms with Gasteiger partial charge in [0, 0.05) is 69.9 Å². The second-order valence-corrected chi connectivity index (χ2v) is 9.64. The fourth-order valence-electron chi connectivity index (χ4n) is 5.49. The lowest BCUT2D eigenvalue weighted by molar-refractivity contribution is -0.0110. The fraction of sp³-hybridized carbons (Fsp3) is 0.542. The maximum atomic E-state index is 5.51. The van der Waals surface area contributed by atoms with Crippen LogP contribution in [0.25, 0.3) is 0 Å². The van der Waals surface area contributed by atoms with E-state index < -0.39 is 0 Å². The SMILES string of the molecule is S=C(NC[C@H]1C[C@@H]2CCN1C[C@@H]2CN1CCN(c2ncccn2)CC1)Nc1ccccc1. The van der Waals surface area contributed by atoms with Crippen molar-refractivity contribution in [2.45, 2.75) is 18.9 Å². The summed E-state index contributed by atoms with van der Waals surface area (Å²) in [6, 6.07) is 12.6. The third-order valence-corrected chi connectivity index (χ3v) is 7.49. The summed E-state index contributed by atoms with van der Waals surface area (Å²) in [6.07, 6.45) is 6.28. The molecule has 2 aromatic rings. The van der Waals surface area contributed by atoms with Crippen molar-refractivity contribution < 1.29 is 0 Å². The van der Waals surface area contributed by atoms with Crippen LogP contribution in [0, 0.1) is 11.8 Å². The number of piperazine rings is 1. The first-order valence-corrected chi connectivity index (χ1v) is 12.2. The maximum Gasteiger partial charge on any atom is 0.225 e. The summed E-state index contributed by atoms with van der Waals surface area (Å²) < 4.78 is 0. The third-order valence-electron chi connectivity index (χ3n) is 7.24. The van der Waals surface area contributed by atoms with Gasteiger partial charge in [0.1, 0.15) is 0 Å². The Kier molecular flexibility index (Phi) is 6.80. The largest absolute Gasteiger partial charge is 0.361 e. The molecular formula is C24H33N7S. The van der Waals surface area contributed by atoms with Crippen LogP contribution < -0.4 is 15.5 Å². The Hall–Kier alpha value is -2.29. The molecule has 2 N–H and O–H groups in total. The maximum absolute atomic E-state index is 5.51. The molecule has 1 unspecified atom stereocenters. The monoisotopic (exact) mass is 451 g/mol. The summed E-state index contributed by atoms with van der Waals surface area (Å²) in [6.45, 7) is 8.84. The summed E-state index contributed by atoms with van der Waals surface area (Å²) in [7, 11) is 0. The number of piperidine rings is 3. The molecule has 7 nitrogen and oxygen atoms in total. The topological polar surface area (TPSA) is 59.6 Å². The number of anilines is 2. The number of aromatic nitrogens is 2. The van der Waals surface area contributed by atoms with Crippen LogP contribution in [0.4, 0.5) is 11.6 Å². The van der Waals surface area contributed by atoms with Crippen molar-refractivity contribution in [1.29, 1.82) is 0 Å². The number of hydrogen-bond acceptors (Lipinski definition) is 6. The summed E-state index contributed by atoms with van der Waals surface area (Å²) in [4.78, 5) is 16.5. The number of fused-ring (bicyclic) bond motifs is 3. The van der Waals surface area contributed by atoms with Crippen LogP contribution in [0.1, 0.15) is 12.8 Å². The molecule has 4 saturated heterocycles. The van der Waals surface area contributed by atoms with Gasteiger partial charge in [-0.25, -0.2) is 9.97 Å². The normalized spacial score (nSPS) is 27.8. The van der Waals surface area contributed by atoms with E-state index in [-0.39, 0.29) is 0 Å². The van der Waals surface area contributed by atoms with Gasteiger partial charge in [-0.1, -0.05) is 18.2 Å². The average molecular weight is 452 g/mol. The number of para-hydroxylation sites is 1. The minimum atomic E-state index is 0.590. The molecule has 4 aliphatic rings. The van der Waals surface area contributed by atoms with Crippen molar-refractivity contribution in [3.63, 3.8) is 0 Å². The van der Waals surface area contributed by atoms with Gasteiger partial charge < -0.3 is 15.5 Å². The lowest BCUT2D eigenvalue weighted by Crippen LogP contribution is -2.59. The molecule has 0 aliphatic carbocycles. The molecule has 8 heteroatoms. The zero-order valence-electron chi connectivity index (χ0n) is 18.6. The average Bonchev–Trinajstić information content (AvgIpc) is 2.85.